The van der Waals surface area contributed by atoms with Crippen LogP contribution in [0.3, 0.4) is 0 Å². The quantitative estimate of drug-likeness (QED) is 0.852. The average Bonchev–Trinajstić information content (AvgIpc) is 2.90. The summed E-state index contributed by atoms with van der Waals surface area (Å²) in [5, 5.41) is 5.54. The second-order valence-electron chi connectivity index (χ2n) is 4.85. The molecule has 1 aliphatic heterocycles. The number of nitrogens with one attached hydrogen (secondary N) is 1. The molecule has 0 saturated carbocycles. The maximum atomic E-state index is 6.24. The zero-order valence-electron chi connectivity index (χ0n) is 11.4. The smallest absolute Gasteiger partial charge is 0.231 e. The molecule has 1 aromatic carbocycles. The van der Waals surface area contributed by atoms with E-state index in [4.69, 9.17) is 21.1 Å². The Morgan fingerprint density at radius 2 is 2.15 bits per heavy atom. The van der Waals surface area contributed by atoms with Crippen molar-refractivity contribution in [3.63, 3.8) is 0 Å². The minimum Gasteiger partial charge on any atom is -0.454 e. The van der Waals surface area contributed by atoms with E-state index in [-0.39, 0.29) is 12.2 Å². The molecule has 1 N–H and O–H groups in total. The first kappa shape index (κ1) is 13.3. The lowest BCUT2D eigenvalue weighted by Gasteiger charge is -2.12. The third-order valence-electron chi connectivity index (χ3n) is 3.35. The summed E-state index contributed by atoms with van der Waals surface area (Å²) in [4.78, 5) is 4.40. The van der Waals surface area contributed by atoms with Crippen LogP contribution in [0.25, 0.3) is 10.8 Å². The summed E-state index contributed by atoms with van der Waals surface area (Å²) in [5.41, 5.74) is 0. The van der Waals surface area contributed by atoms with E-state index < -0.39 is 0 Å². The number of fused-ring (bicyclic) bond motifs is 2. The molecule has 1 unspecified atom stereocenters. The van der Waals surface area contributed by atoms with Crippen LogP contribution in [-0.4, -0.2) is 23.7 Å². The molecule has 0 bridgehead atoms. The predicted octanol–water partition coefficient (Wildman–Crippen LogP) is 3.78. The Morgan fingerprint density at radius 1 is 1.35 bits per heavy atom. The van der Waals surface area contributed by atoms with Crippen LogP contribution in [-0.2, 0) is 0 Å². The molecular weight excluding hydrogens is 276 g/mol. The monoisotopic (exact) mass is 292 g/mol. The van der Waals surface area contributed by atoms with Gasteiger partial charge >= 0.3 is 0 Å². The van der Waals surface area contributed by atoms with Crippen LogP contribution in [0.1, 0.15) is 19.8 Å². The van der Waals surface area contributed by atoms with Crippen molar-refractivity contribution < 1.29 is 9.47 Å². The Balaban J connectivity index is 1.87. The molecular formula is C15H17ClN2O2. The van der Waals surface area contributed by atoms with Gasteiger partial charge in [0.05, 0.1) is 5.38 Å². The molecule has 0 saturated heterocycles. The molecule has 1 aromatic heterocycles. The van der Waals surface area contributed by atoms with E-state index in [0.29, 0.717) is 6.54 Å². The highest BCUT2D eigenvalue weighted by molar-refractivity contribution is 6.20. The zero-order valence-corrected chi connectivity index (χ0v) is 12.1. The number of rotatable bonds is 5. The summed E-state index contributed by atoms with van der Waals surface area (Å²) >= 11 is 6.24. The van der Waals surface area contributed by atoms with E-state index in [9.17, 15) is 0 Å². The number of benzene rings is 1. The number of anilines is 1. The van der Waals surface area contributed by atoms with Gasteiger partial charge < -0.3 is 14.8 Å². The molecule has 2 heterocycles. The van der Waals surface area contributed by atoms with Gasteiger partial charge in [-0.3, -0.25) is 0 Å². The van der Waals surface area contributed by atoms with E-state index in [1.165, 1.54) is 0 Å². The number of nitrogens with zero attached hydrogens (tertiary/aromatic N) is 1. The van der Waals surface area contributed by atoms with Crippen molar-refractivity contribution in [2.75, 3.05) is 18.7 Å². The summed E-state index contributed by atoms with van der Waals surface area (Å²) < 4.78 is 10.8. The lowest BCUT2D eigenvalue weighted by molar-refractivity contribution is 0.174. The van der Waals surface area contributed by atoms with Gasteiger partial charge in [-0.1, -0.05) is 13.3 Å². The summed E-state index contributed by atoms with van der Waals surface area (Å²) in [6, 6.07) is 5.91. The highest BCUT2D eigenvalue weighted by Gasteiger charge is 2.16. The first-order chi connectivity index (χ1) is 9.78. The highest BCUT2D eigenvalue weighted by atomic mass is 35.5. The normalized spacial score (nSPS) is 14.5. The molecule has 106 valence electrons. The van der Waals surface area contributed by atoms with Crippen LogP contribution < -0.4 is 14.8 Å². The first-order valence-corrected chi connectivity index (χ1v) is 7.28. The first-order valence-electron chi connectivity index (χ1n) is 6.84. The van der Waals surface area contributed by atoms with Crippen LogP contribution in [0.15, 0.2) is 24.4 Å². The molecule has 2 aromatic rings. The zero-order chi connectivity index (χ0) is 13.9. The topological polar surface area (TPSA) is 43.4 Å². The summed E-state index contributed by atoms with van der Waals surface area (Å²) in [6.07, 6.45) is 3.86. The van der Waals surface area contributed by atoms with E-state index >= 15 is 0 Å². The van der Waals surface area contributed by atoms with Crippen molar-refractivity contribution in [1.82, 2.24) is 4.98 Å². The number of alkyl halides is 1. The molecule has 0 spiro atoms. The Hall–Kier alpha value is -1.68. The molecule has 1 aliphatic rings. The highest BCUT2D eigenvalue weighted by Crippen LogP contribution is 2.37. The lowest BCUT2D eigenvalue weighted by Crippen LogP contribution is -2.14. The number of pyridine rings is 1. The third kappa shape index (κ3) is 2.61. The van der Waals surface area contributed by atoms with Crippen molar-refractivity contribution in [2.45, 2.75) is 25.1 Å². The second kappa shape index (κ2) is 5.75. The maximum Gasteiger partial charge on any atom is 0.231 e. The fraction of sp³-hybridized carbons (Fsp3) is 0.400. The van der Waals surface area contributed by atoms with Crippen molar-refractivity contribution in [2.24, 2.45) is 0 Å². The Labute approximate surface area is 123 Å². The van der Waals surface area contributed by atoms with Gasteiger partial charge in [-0.2, -0.15) is 0 Å². The van der Waals surface area contributed by atoms with Crippen molar-refractivity contribution >= 4 is 28.2 Å². The fourth-order valence-corrected chi connectivity index (χ4v) is 2.62. The van der Waals surface area contributed by atoms with Crippen LogP contribution >= 0.6 is 11.6 Å². The number of hydrogen-bond donors (Lipinski definition) is 1. The molecule has 5 heteroatoms. The van der Waals surface area contributed by atoms with Gasteiger partial charge in [0, 0.05) is 18.1 Å². The van der Waals surface area contributed by atoms with E-state index in [1.54, 1.807) is 6.20 Å². The number of ether oxygens (including phenoxy) is 2. The summed E-state index contributed by atoms with van der Waals surface area (Å²) in [7, 11) is 0. The van der Waals surface area contributed by atoms with Gasteiger partial charge in [0.2, 0.25) is 6.79 Å². The van der Waals surface area contributed by atoms with Gasteiger partial charge in [-0.25, -0.2) is 4.98 Å². The molecule has 0 aliphatic carbocycles. The van der Waals surface area contributed by atoms with Crippen LogP contribution in [0, 0.1) is 0 Å². The summed E-state index contributed by atoms with van der Waals surface area (Å²) in [5.74, 6) is 2.39. The lowest BCUT2D eigenvalue weighted by atomic mass is 10.1. The number of aromatic nitrogens is 1. The van der Waals surface area contributed by atoms with Crippen molar-refractivity contribution in [3.05, 3.63) is 24.4 Å². The second-order valence-corrected chi connectivity index (χ2v) is 5.47. The standard InChI is InChI=1S/C15H17ClN2O2/c1-2-3-11(16)8-18-15-12-7-14-13(19-9-20-14)6-10(12)4-5-17-15/h4-7,11H,2-3,8-9H2,1H3,(H,17,18). The van der Waals surface area contributed by atoms with Gasteiger partial charge in [-0.15, -0.1) is 11.6 Å². The maximum absolute atomic E-state index is 6.24. The molecule has 4 nitrogen and oxygen atoms in total. The van der Waals surface area contributed by atoms with E-state index in [0.717, 1.165) is 40.9 Å². The van der Waals surface area contributed by atoms with Gasteiger partial charge in [-0.05, 0) is 30.0 Å². The van der Waals surface area contributed by atoms with Gasteiger partial charge in [0.1, 0.15) is 5.82 Å². The van der Waals surface area contributed by atoms with Crippen LogP contribution in [0.4, 0.5) is 5.82 Å². The SMILES string of the molecule is CCCC(Cl)CNc1nccc2cc3c(cc12)OCO3. The van der Waals surface area contributed by atoms with Crippen LogP contribution in [0.2, 0.25) is 0 Å². The van der Waals surface area contributed by atoms with Gasteiger partial charge in [0.15, 0.2) is 11.5 Å². The predicted molar refractivity (Wildman–Crippen MR) is 80.9 cm³/mol. The Kier molecular flexibility index (Phi) is 3.83. The fourth-order valence-electron chi connectivity index (χ4n) is 2.33. The van der Waals surface area contributed by atoms with Crippen molar-refractivity contribution in [1.29, 1.82) is 0 Å². The summed E-state index contributed by atoms with van der Waals surface area (Å²) in [6.45, 7) is 3.12. The molecule has 3 rings (SSSR count). The minimum absolute atomic E-state index is 0.117. The number of halogens is 1. The largest absolute Gasteiger partial charge is 0.454 e. The minimum atomic E-state index is 0.117. The molecule has 0 radical (unpaired) electrons. The molecule has 1 atom stereocenters. The Bertz CT molecular complexity index is 618. The van der Waals surface area contributed by atoms with Crippen molar-refractivity contribution in [3.8, 4) is 11.5 Å². The van der Waals surface area contributed by atoms with E-state index in [1.807, 2.05) is 18.2 Å². The van der Waals surface area contributed by atoms with E-state index in [2.05, 4.69) is 17.2 Å². The Morgan fingerprint density at radius 3 is 2.95 bits per heavy atom. The molecule has 0 amide bonds. The number of hydrogen-bond acceptors (Lipinski definition) is 4. The average molecular weight is 293 g/mol. The molecule has 20 heavy (non-hydrogen) atoms. The molecule has 0 fully saturated rings. The van der Waals surface area contributed by atoms with Gasteiger partial charge in [0.25, 0.3) is 0 Å². The third-order valence-corrected chi connectivity index (χ3v) is 3.72. The van der Waals surface area contributed by atoms with Crippen LogP contribution in [0.5, 0.6) is 11.5 Å².